The van der Waals surface area contributed by atoms with Crippen molar-refractivity contribution in [2.45, 2.75) is 6.10 Å². The van der Waals surface area contributed by atoms with E-state index in [9.17, 15) is 4.79 Å². The lowest BCUT2D eigenvalue weighted by Crippen LogP contribution is -2.42. The van der Waals surface area contributed by atoms with Crippen LogP contribution in [0.25, 0.3) is 10.8 Å². The van der Waals surface area contributed by atoms with Gasteiger partial charge in [-0.1, -0.05) is 18.2 Å². The zero-order valence-electron chi connectivity index (χ0n) is 14.4. The average molecular weight is 352 g/mol. The van der Waals surface area contributed by atoms with Crippen molar-refractivity contribution >= 4 is 22.5 Å². The molecule has 0 aliphatic carbocycles. The molecule has 1 saturated heterocycles. The summed E-state index contributed by atoms with van der Waals surface area (Å²) in [5, 5.41) is 8.70. The van der Waals surface area contributed by atoms with Crippen molar-refractivity contribution in [1.29, 1.82) is 0 Å². The van der Waals surface area contributed by atoms with Crippen LogP contribution >= 0.6 is 0 Å². The molecule has 1 aromatic heterocycles. The van der Waals surface area contributed by atoms with Gasteiger partial charge in [-0.2, -0.15) is 5.10 Å². The lowest BCUT2D eigenvalue weighted by atomic mass is 10.0. The summed E-state index contributed by atoms with van der Waals surface area (Å²) in [6.07, 6.45) is -0.167. The summed E-state index contributed by atoms with van der Waals surface area (Å²) < 4.78 is 11.2. The number of aromatic amines is 1. The molecule has 26 heavy (non-hydrogen) atoms. The number of benzene rings is 2. The number of anilines is 1. The lowest BCUT2D eigenvalue weighted by molar-refractivity contribution is -0.0229. The average Bonchev–Trinajstić information content (AvgIpc) is 3.13. The van der Waals surface area contributed by atoms with Crippen LogP contribution in [0.5, 0.6) is 5.75 Å². The number of rotatable bonds is 3. The van der Waals surface area contributed by atoms with Gasteiger partial charge in [-0.05, 0) is 34.5 Å². The van der Waals surface area contributed by atoms with Crippen molar-refractivity contribution in [3.8, 4) is 5.75 Å². The van der Waals surface area contributed by atoms with Crippen molar-refractivity contribution in [1.82, 2.24) is 15.1 Å². The first-order valence-electron chi connectivity index (χ1n) is 8.43. The molecule has 3 N–H and O–H groups in total. The number of nitrogens with one attached hydrogen (secondary N) is 1. The molecule has 7 nitrogen and oxygen atoms in total. The number of fused-ring (bicyclic) bond motifs is 1. The van der Waals surface area contributed by atoms with E-state index in [1.165, 1.54) is 0 Å². The number of methoxy groups -OCH3 is 1. The van der Waals surface area contributed by atoms with Crippen LogP contribution in [0.1, 0.15) is 22.2 Å². The van der Waals surface area contributed by atoms with Gasteiger partial charge in [0.15, 0.2) is 0 Å². The molecule has 1 aliphatic heterocycles. The van der Waals surface area contributed by atoms with Gasteiger partial charge >= 0.3 is 0 Å². The molecule has 0 spiro atoms. The fraction of sp³-hybridized carbons (Fsp3) is 0.263. The number of nitrogens with zero attached hydrogens (tertiary/aromatic N) is 2. The number of carbonyl (C=O) groups is 1. The van der Waals surface area contributed by atoms with Gasteiger partial charge < -0.3 is 20.1 Å². The molecule has 2 aromatic carbocycles. The van der Waals surface area contributed by atoms with Crippen LogP contribution in [0, 0.1) is 0 Å². The molecule has 0 unspecified atom stereocenters. The van der Waals surface area contributed by atoms with Crippen molar-refractivity contribution in [3.05, 3.63) is 53.7 Å². The summed E-state index contributed by atoms with van der Waals surface area (Å²) in [5.74, 6) is 1.02. The quantitative estimate of drug-likeness (QED) is 0.755. The van der Waals surface area contributed by atoms with E-state index in [0.717, 1.165) is 22.1 Å². The van der Waals surface area contributed by atoms with Crippen LogP contribution in [-0.2, 0) is 4.74 Å². The van der Waals surface area contributed by atoms with Gasteiger partial charge in [0.2, 0.25) is 0 Å². The zero-order valence-corrected chi connectivity index (χ0v) is 14.4. The van der Waals surface area contributed by atoms with E-state index in [4.69, 9.17) is 15.2 Å². The zero-order chi connectivity index (χ0) is 18.1. The van der Waals surface area contributed by atoms with Gasteiger partial charge in [-0.3, -0.25) is 9.89 Å². The maximum absolute atomic E-state index is 12.6. The van der Waals surface area contributed by atoms with Crippen LogP contribution in [0.3, 0.4) is 0 Å². The largest absolute Gasteiger partial charge is 0.497 e. The fourth-order valence-electron chi connectivity index (χ4n) is 3.22. The molecule has 0 radical (unpaired) electrons. The predicted octanol–water partition coefficient (Wildman–Crippen LogP) is 2.37. The van der Waals surface area contributed by atoms with Gasteiger partial charge in [0.25, 0.3) is 5.91 Å². The molecule has 0 saturated carbocycles. The maximum atomic E-state index is 12.6. The summed E-state index contributed by atoms with van der Waals surface area (Å²) >= 11 is 0. The molecule has 1 fully saturated rings. The number of aromatic nitrogens is 2. The first-order chi connectivity index (χ1) is 12.6. The third-order valence-electron chi connectivity index (χ3n) is 4.62. The summed E-state index contributed by atoms with van der Waals surface area (Å²) in [4.78, 5) is 14.4. The molecule has 1 atom stereocenters. The number of ether oxygens (including phenoxy) is 2. The topological polar surface area (TPSA) is 93.5 Å². The lowest BCUT2D eigenvalue weighted by Gasteiger charge is -2.33. The Bertz CT molecular complexity index is 953. The van der Waals surface area contributed by atoms with Crippen LogP contribution in [-0.4, -0.2) is 47.8 Å². The second-order valence-electron chi connectivity index (χ2n) is 6.29. The maximum Gasteiger partial charge on any atom is 0.272 e. The van der Waals surface area contributed by atoms with Gasteiger partial charge in [-0.25, -0.2) is 0 Å². The Hall–Kier alpha value is -3.06. The minimum absolute atomic E-state index is 0.118. The standard InChI is InChI=1S/C19H20N4O3/c1-25-15-5-4-12-8-14(3-2-13(12)9-15)17-11-23(6-7-26-17)19(24)16-10-18(20)22-21-16/h2-5,8-10,17H,6-7,11H2,1H3,(H3,20,21,22)/t17-/m1/s1. The third kappa shape index (κ3) is 3.09. The van der Waals surface area contributed by atoms with Crippen LogP contribution in [0.2, 0.25) is 0 Å². The highest BCUT2D eigenvalue weighted by Gasteiger charge is 2.27. The Morgan fingerprint density at radius 2 is 2.08 bits per heavy atom. The molecular formula is C19H20N4O3. The Labute approximate surface area is 150 Å². The second-order valence-corrected chi connectivity index (χ2v) is 6.29. The Morgan fingerprint density at radius 3 is 2.85 bits per heavy atom. The van der Waals surface area contributed by atoms with E-state index in [1.54, 1.807) is 18.1 Å². The number of nitrogens with two attached hydrogens (primary N) is 1. The minimum Gasteiger partial charge on any atom is -0.497 e. The fourth-order valence-corrected chi connectivity index (χ4v) is 3.22. The van der Waals surface area contributed by atoms with Crippen molar-refractivity contribution in [3.63, 3.8) is 0 Å². The van der Waals surface area contributed by atoms with E-state index >= 15 is 0 Å². The number of morpholine rings is 1. The molecule has 3 aromatic rings. The van der Waals surface area contributed by atoms with Crippen molar-refractivity contribution < 1.29 is 14.3 Å². The normalized spacial score (nSPS) is 17.4. The van der Waals surface area contributed by atoms with Gasteiger partial charge in [-0.15, -0.1) is 0 Å². The van der Waals surface area contributed by atoms with Crippen LogP contribution < -0.4 is 10.5 Å². The molecule has 0 bridgehead atoms. The molecule has 7 heteroatoms. The highest BCUT2D eigenvalue weighted by Crippen LogP contribution is 2.28. The van der Waals surface area contributed by atoms with E-state index in [1.807, 2.05) is 30.3 Å². The van der Waals surface area contributed by atoms with Gasteiger partial charge in [0, 0.05) is 12.6 Å². The predicted molar refractivity (Wildman–Crippen MR) is 98.1 cm³/mol. The number of nitrogen functional groups attached to an aromatic ring is 1. The monoisotopic (exact) mass is 352 g/mol. The van der Waals surface area contributed by atoms with Crippen molar-refractivity contribution in [2.75, 3.05) is 32.5 Å². The minimum atomic E-state index is -0.167. The van der Waals surface area contributed by atoms with E-state index in [2.05, 4.69) is 16.3 Å². The van der Waals surface area contributed by atoms with Crippen molar-refractivity contribution in [2.24, 2.45) is 0 Å². The van der Waals surface area contributed by atoms with E-state index < -0.39 is 0 Å². The third-order valence-corrected chi connectivity index (χ3v) is 4.62. The van der Waals surface area contributed by atoms with Crippen LogP contribution in [0.15, 0.2) is 42.5 Å². The molecular weight excluding hydrogens is 332 g/mol. The number of H-pyrrole nitrogens is 1. The van der Waals surface area contributed by atoms with E-state index in [-0.39, 0.29) is 12.0 Å². The van der Waals surface area contributed by atoms with E-state index in [0.29, 0.717) is 31.2 Å². The number of amides is 1. The van der Waals surface area contributed by atoms with Gasteiger partial charge in [0.1, 0.15) is 23.4 Å². The number of carbonyl (C=O) groups excluding carboxylic acids is 1. The SMILES string of the molecule is COc1ccc2cc([C@H]3CN(C(=O)c4cc(N)n[nH]4)CCO3)ccc2c1. The first-order valence-corrected chi connectivity index (χ1v) is 8.43. The second kappa shape index (κ2) is 6.68. The Balaban J connectivity index is 1.55. The molecule has 134 valence electrons. The smallest absolute Gasteiger partial charge is 0.272 e. The van der Waals surface area contributed by atoms with Crippen LogP contribution in [0.4, 0.5) is 5.82 Å². The first kappa shape index (κ1) is 16.4. The summed E-state index contributed by atoms with van der Waals surface area (Å²) in [5.41, 5.74) is 7.03. The summed E-state index contributed by atoms with van der Waals surface area (Å²) in [6.45, 7) is 1.51. The summed E-state index contributed by atoms with van der Waals surface area (Å²) in [6, 6.07) is 13.7. The van der Waals surface area contributed by atoms with Gasteiger partial charge in [0.05, 0.1) is 20.3 Å². The molecule has 4 rings (SSSR count). The summed E-state index contributed by atoms with van der Waals surface area (Å²) in [7, 11) is 1.66. The molecule has 1 amide bonds. The highest BCUT2D eigenvalue weighted by molar-refractivity contribution is 5.93. The highest BCUT2D eigenvalue weighted by atomic mass is 16.5. The molecule has 2 heterocycles. The number of hydrogen-bond donors (Lipinski definition) is 2. The number of hydrogen-bond acceptors (Lipinski definition) is 5. The Kier molecular flexibility index (Phi) is 4.22. The Morgan fingerprint density at radius 1 is 1.27 bits per heavy atom. The molecule has 1 aliphatic rings.